The molecule has 0 saturated heterocycles. The van der Waals surface area contributed by atoms with Crippen molar-refractivity contribution in [3.8, 4) is 5.75 Å². The third-order valence-corrected chi connectivity index (χ3v) is 4.55. The molecule has 1 aliphatic rings. The minimum atomic E-state index is 0.341. The second kappa shape index (κ2) is 5.70. The molecular formula is C17H18OS. The Hall–Kier alpha value is -1.41. The Morgan fingerprint density at radius 2 is 1.89 bits per heavy atom. The van der Waals surface area contributed by atoms with Crippen molar-refractivity contribution in [1.82, 2.24) is 0 Å². The van der Waals surface area contributed by atoms with Gasteiger partial charge in [0.25, 0.3) is 0 Å². The van der Waals surface area contributed by atoms with Crippen LogP contribution in [0.15, 0.2) is 48.5 Å². The lowest BCUT2D eigenvalue weighted by Crippen LogP contribution is -2.15. The topological polar surface area (TPSA) is 9.23 Å². The highest BCUT2D eigenvalue weighted by atomic mass is 32.2. The number of hydrogen-bond acceptors (Lipinski definition) is 2. The van der Waals surface area contributed by atoms with E-state index in [1.165, 1.54) is 16.7 Å². The van der Waals surface area contributed by atoms with Gasteiger partial charge < -0.3 is 4.74 Å². The summed E-state index contributed by atoms with van der Waals surface area (Å²) in [5, 5.41) is 0. The van der Waals surface area contributed by atoms with Crippen LogP contribution >= 0.6 is 11.8 Å². The molecule has 2 heteroatoms. The lowest BCUT2D eigenvalue weighted by molar-refractivity contribution is 0.259. The molecule has 0 aliphatic carbocycles. The molecule has 1 unspecified atom stereocenters. The predicted molar refractivity (Wildman–Crippen MR) is 81.9 cm³/mol. The predicted octanol–water partition coefficient (Wildman–Crippen LogP) is 4.23. The Morgan fingerprint density at radius 3 is 2.68 bits per heavy atom. The summed E-state index contributed by atoms with van der Waals surface area (Å²) < 4.78 is 5.94. The van der Waals surface area contributed by atoms with Gasteiger partial charge in [-0.1, -0.05) is 48.0 Å². The van der Waals surface area contributed by atoms with Gasteiger partial charge >= 0.3 is 0 Å². The summed E-state index contributed by atoms with van der Waals surface area (Å²) >= 11 is 1.96. The van der Waals surface area contributed by atoms with Crippen LogP contribution in [0, 0.1) is 6.92 Å². The molecule has 98 valence electrons. The van der Waals surface area contributed by atoms with Crippen LogP contribution in [-0.4, -0.2) is 11.9 Å². The van der Waals surface area contributed by atoms with Gasteiger partial charge in [-0.25, -0.2) is 0 Å². The molecule has 3 rings (SSSR count). The first-order valence-electron chi connectivity index (χ1n) is 6.69. The molecule has 0 amide bonds. The molecule has 0 saturated carbocycles. The van der Waals surface area contributed by atoms with Crippen molar-refractivity contribution in [3.05, 3.63) is 65.2 Å². The largest absolute Gasteiger partial charge is 0.489 e. The zero-order valence-corrected chi connectivity index (χ0v) is 12.0. The van der Waals surface area contributed by atoms with E-state index in [1.807, 2.05) is 17.8 Å². The van der Waals surface area contributed by atoms with Crippen molar-refractivity contribution in [1.29, 1.82) is 0 Å². The summed E-state index contributed by atoms with van der Waals surface area (Å²) in [5.41, 5.74) is 4.07. The van der Waals surface area contributed by atoms with E-state index in [2.05, 4.69) is 49.4 Å². The van der Waals surface area contributed by atoms with Gasteiger partial charge in [-0.15, -0.1) is 0 Å². The van der Waals surface area contributed by atoms with Gasteiger partial charge in [-0.05, 0) is 24.1 Å². The van der Waals surface area contributed by atoms with Gasteiger partial charge in [-0.3, -0.25) is 0 Å². The van der Waals surface area contributed by atoms with Crippen LogP contribution in [0.4, 0.5) is 0 Å². The van der Waals surface area contributed by atoms with E-state index in [0.717, 1.165) is 23.7 Å². The Bertz CT molecular complexity index is 522. The number of aryl methyl sites for hydroxylation is 1. The van der Waals surface area contributed by atoms with Crippen LogP contribution in [0.25, 0.3) is 0 Å². The van der Waals surface area contributed by atoms with Crippen molar-refractivity contribution in [3.63, 3.8) is 0 Å². The smallest absolute Gasteiger partial charge is 0.123 e. The molecule has 0 fully saturated rings. The Labute approximate surface area is 119 Å². The molecule has 2 aromatic carbocycles. The van der Waals surface area contributed by atoms with Gasteiger partial charge in [0.2, 0.25) is 0 Å². The maximum Gasteiger partial charge on any atom is 0.123 e. The minimum Gasteiger partial charge on any atom is -0.489 e. The van der Waals surface area contributed by atoms with E-state index in [4.69, 9.17) is 4.74 Å². The van der Waals surface area contributed by atoms with Crippen LogP contribution in [0.1, 0.15) is 16.7 Å². The number of benzene rings is 2. The molecule has 1 atom stereocenters. The number of rotatable bonds is 4. The lowest BCUT2D eigenvalue weighted by Gasteiger charge is -2.10. The average molecular weight is 270 g/mol. The number of hydrogen-bond donors (Lipinski definition) is 0. The molecule has 0 aromatic heterocycles. The van der Waals surface area contributed by atoms with Gasteiger partial charge in [0.15, 0.2) is 0 Å². The zero-order valence-electron chi connectivity index (χ0n) is 11.1. The van der Waals surface area contributed by atoms with Crippen molar-refractivity contribution >= 4 is 11.8 Å². The minimum absolute atomic E-state index is 0.341. The molecule has 1 heterocycles. The highest BCUT2D eigenvalue weighted by Gasteiger charge is 2.21. The van der Waals surface area contributed by atoms with Crippen LogP contribution in [0.3, 0.4) is 0 Å². The monoisotopic (exact) mass is 270 g/mol. The third kappa shape index (κ3) is 3.13. The van der Waals surface area contributed by atoms with Crippen LogP contribution in [0.5, 0.6) is 5.75 Å². The molecule has 0 radical (unpaired) electrons. The SMILES string of the molecule is Cc1ccc(CSCC2Cc3ccccc3O2)cc1. The van der Waals surface area contributed by atoms with Crippen LogP contribution in [0.2, 0.25) is 0 Å². The normalized spacial score (nSPS) is 17.0. The number of thioether (sulfide) groups is 1. The molecule has 0 bridgehead atoms. The number of para-hydroxylation sites is 1. The van der Waals surface area contributed by atoms with Crippen molar-refractivity contribution < 1.29 is 4.74 Å². The summed E-state index contributed by atoms with van der Waals surface area (Å²) in [4.78, 5) is 0. The number of ether oxygens (including phenoxy) is 1. The van der Waals surface area contributed by atoms with Crippen LogP contribution in [-0.2, 0) is 12.2 Å². The van der Waals surface area contributed by atoms with Gasteiger partial charge in [0, 0.05) is 17.9 Å². The molecular weight excluding hydrogens is 252 g/mol. The van der Waals surface area contributed by atoms with Gasteiger partial charge in [0.05, 0.1) is 0 Å². The molecule has 19 heavy (non-hydrogen) atoms. The summed E-state index contributed by atoms with van der Waals surface area (Å²) in [7, 11) is 0. The molecule has 1 aliphatic heterocycles. The van der Waals surface area contributed by atoms with Crippen molar-refractivity contribution in [2.45, 2.75) is 25.2 Å². The second-order valence-corrected chi connectivity index (χ2v) is 6.08. The third-order valence-electron chi connectivity index (χ3n) is 3.41. The standard InChI is InChI=1S/C17H18OS/c1-13-6-8-14(9-7-13)11-19-12-16-10-15-4-2-3-5-17(15)18-16/h2-9,16H,10-12H2,1H3. The fraction of sp³-hybridized carbons (Fsp3) is 0.294. The highest BCUT2D eigenvalue weighted by Crippen LogP contribution is 2.30. The van der Waals surface area contributed by atoms with Gasteiger partial charge in [0.1, 0.15) is 11.9 Å². The zero-order chi connectivity index (χ0) is 13.1. The van der Waals surface area contributed by atoms with E-state index >= 15 is 0 Å². The highest BCUT2D eigenvalue weighted by molar-refractivity contribution is 7.98. The van der Waals surface area contributed by atoms with E-state index in [1.54, 1.807) is 0 Å². The van der Waals surface area contributed by atoms with E-state index in [0.29, 0.717) is 6.10 Å². The first kappa shape index (κ1) is 12.6. The quantitative estimate of drug-likeness (QED) is 0.822. The van der Waals surface area contributed by atoms with Crippen molar-refractivity contribution in [2.75, 3.05) is 5.75 Å². The Morgan fingerprint density at radius 1 is 1.11 bits per heavy atom. The van der Waals surface area contributed by atoms with E-state index < -0.39 is 0 Å². The second-order valence-electron chi connectivity index (χ2n) is 5.05. The fourth-order valence-corrected chi connectivity index (χ4v) is 3.33. The van der Waals surface area contributed by atoms with E-state index in [-0.39, 0.29) is 0 Å². The van der Waals surface area contributed by atoms with Crippen molar-refractivity contribution in [2.24, 2.45) is 0 Å². The van der Waals surface area contributed by atoms with Crippen LogP contribution < -0.4 is 4.74 Å². The summed E-state index contributed by atoms with van der Waals surface area (Å²) in [6.45, 7) is 2.13. The first-order chi connectivity index (χ1) is 9.31. The van der Waals surface area contributed by atoms with E-state index in [9.17, 15) is 0 Å². The molecule has 0 spiro atoms. The molecule has 2 aromatic rings. The maximum atomic E-state index is 5.94. The summed E-state index contributed by atoms with van der Waals surface area (Å²) in [6.07, 6.45) is 1.39. The Balaban J connectivity index is 1.48. The lowest BCUT2D eigenvalue weighted by atomic mass is 10.1. The summed E-state index contributed by atoms with van der Waals surface area (Å²) in [6, 6.07) is 17.2. The number of fused-ring (bicyclic) bond motifs is 1. The fourth-order valence-electron chi connectivity index (χ4n) is 2.34. The first-order valence-corrected chi connectivity index (χ1v) is 7.84. The molecule has 0 N–H and O–H groups in total. The van der Waals surface area contributed by atoms with Gasteiger partial charge in [-0.2, -0.15) is 11.8 Å². The maximum absolute atomic E-state index is 5.94. The Kier molecular flexibility index (Phi) is 3.79. The average Bonchev–Trinajstić information content (AvgIpc) is 2.83. The molecule has 1 nitrogen and oxygen atoms in total. The summed E-state index contributed by atoms with van der Waals surface area (Å²) in [5.74, 6) is 3.20.